The van der Waals surface area contributed by atoms with E-state index in [0.717, 1.165) is 5.56 Å². The molecule has 124 valence electrons. The maximum Gasteiger partial charge on any atom is 0.166 e. The van der Waals surface area contributed by atoms with E-state index in [1.165, 1.54) is 17.2 Å². The van der Waals surface area contributed by atoms with Crippen LogP contribution in [0.25, 0.3) is 22.4 Å². The van der Waals surface area contributed by atoms with E-state index in [1.54, 1.807) is 0 Å². The molecule has 0 radical (unpaired) electrons. The van der Waals surface area contributed by atoms with Crippen molar-refractivity contribution in [2.75, 3.05) is 6.61 Å². The molecule has 1 fully saturated rings. The summed E-state index contributed by atoms with van der Waals surface area (Å²) in [4.78, 5) is 12.8. The van der Waals surface area contributed by atoms with Crippen LogP contribution in [-0.4, -0.2) is 54.7 Å². The molecule has 2 aromatic heterocycles. The van der Waals surface area contributed by atoms with Crippen molar-refractivity contribution in [3.05, 3.63) is 43.0 Å². The van der Waals surface area contributed by atoms with Crippen molar-refractivity contribution in [1.82, 2.24) is 19.5 Å². The molecule has 1 unspecified atom stereocenters. The third-order valence-corrected chi connectivity index (χ3v) is 4.15. The van der Waals surface area contributed by atoms with Gasteiger partial charge in [0.1, 0.15) is 29.7 Å². The molecule has 0 aliphatic carbocycles. The number of ether oxygens (including phenoxy) is 1. The van der Waals surface area contributed by atoms with E-state index in [4.69, 9.17) is 9.84 Å². The Morgan fingerprint density at radius 1 is 1.17 bits per heavy atom. The van der Waals surface area contributed by atoms with E-state index < -0.39 is 31.2 Å². The summed E-state index contributed by atoms with van der Waals surface area (Å²) in [5, 5.41) is 19.2. The molecular weight excluding hydrogens is 315 g/mol. The van der Waals surface area contributed by atoms with Crippen molar-refractivity contribution < 1.29 is 19.3 Å². The SMILES string of the molecule is OC[C@H]1O[C@@H](n2cnc3c(-c4ccccc4)ncnc32)[C@@H](O)C1F. The Morgan fingerprint density at radius 3 is 2.67 bits per heavy atom. The van der Waals surface area contributed by atoms with E-state index >= 15 is 0 Å². The number of rotatable bonds is 3. The number of aromatic nitrogens is 4. The molecule has 1 aliphatic rings. The van der Waals surface area contributed by atoms with Gasteiger partial charge in [-0.25, -0.2) is 19.3 Å². The number of alkyl halides is 1. The maximum atomic E-state index is 14.0. The molecule has 2 N–H and O–H groups in total. The van der Waals surface area contributed by atoms with Crippen molar-refractivity contribution in [2.24, 2.45) is 0 Å². The van der Waals surface area contributed by atoms with Crippen LogP contribution in [0.15, 0.2) is 43.0 Å². The van der Waals surface area contributed by atoms with Gasteiger partial charge in [-0.1, -0.05) is 30.3 Å². The van der Waals surface area contributed by atoms with Crippen molar-refractivity contribution in [3.8, 4) is 11.3 Å². The molecular formula is C16H15FN4O3. The highest BCUT2D eigenvalue weighted by Crippen LogP contribution is 2.34. The average molecular weight is 330 g/mol. The fraction of sp³-hybridized carbons (Fsp3) is 0.312. The van der Waals surface area contributed by atoms with Crippen molar-refractivity contribution in [2.45, 2.75) is 24.6 Å². The number of aliphatic hydroxyl groups is 2. The van der Waals surface area contributed by atoms with Gasteiger partial charge < -0.3 is 14.9 Å². The Balaban J connectivity index is 1.80. The number of benzene rings is 1. The van der Waals surface area contributed by atoms with E-state index in [1.807, 2.05) is 30.3 Å². The van der Waals surface area contributed by atoms with Crippen LogP contribution in [0.2, 0.25) is 0 Å². The Kier molecular flexibility index (Phi) is 3.72. The zero-order valence-electron chi connectivity index (χ0n) is 12.5. The van der Waals surface area contributed by atoms with Gasteiger partial charge in [0.2, 0.25) is 0 Å². The topological polar surface area (TPSA) is 93.3 Å². The summed E-state index contributed by atoms with van der Waals surface area (Å²) in [5.41, 5.74) is 2.48. The van der Waals surface area contributed by atoms with Crippen LogP contribution in [0.1, 0.15) is 6.23 Å². The van der Waals surface area contributed by atoms with Gasteiger partial charge in [-0.15, -0.1) is 0 Å². The smallest absolute Gasteiger partial charge is 0.166 e. The van der Waals surface area contributed by atoms with Crippen LogP contribution in [0.3, 0.4) is 0 Å². The third-order valence-electron chi connectivity index (χ3n) is 4.15. The highest BCUT2D eigenvalue weighted by Gasteiger charge is 2.45. The Morgan fingerprint density at radius 2 is 1.96 bits per heavy atom. The molecule has 1 saturated heterocycles. The minimum atomic E-state index is -1.67. The normalized spacial score (nSPS) is 27.0. The standard InChI is InChI=1S/C16H15FN4O3/c17-11-10(6-22)24-16(14(11)23)21-8-20-13-12(18-7-19-15(13)21)9-4-2-1-3-5-9/h1-5,7-8,10-11,14,16,22-23H,6H2/t10-,11?,14+,16-/m1/s1. The second-order valence-corrected chi connectivity index (χ2v) is 5.60. The molecule has 4 atom stereocenters. The summed E-state index contributed by atoms with van der Waals surface area (Å²) >= 11 is 0. The molecule has 0 amide bonds. The van der Waals surface area contributed by atoms with Gasteiger partial charge in [0.15, 0.2) is 18.0 Å². The van der Waals surface area contributed by atoms with Crippen molar-refractivity contribution in [3.63, 3.8) is 0 Å². The first-order valence-electron chi connectivity index (χ1n) is 7.52. The fourth-order valence-electron chi connectivity index (χ4n) is 2.93. The second kappa shape index (κ2) is 5.90. The number of fused-ring (bicyclic) bond motifs is 1. The average Bonchev–Trinajstić information content (AvgIpc) is 3.17. The van der Waals surface area contributed by atoms with Gasteiger partial charge in [-0.2, -0.15) is 0 Å². The maximum absolute atomic E-state index is 14.0. The lowest BCUT2D eigenvalue weighted by molar-refractivity contribution is -0.0495. The molecule has 24 heavy (non-hydrogen) atoms. The Hall–Kier alpha value is -2.42. The quantitative estimate of drug-likeness (QED) is 0.746. The van der Waals surface area contributed by atoms with E-state index in [-0.39, 0.29) is 0 Å². The van der Waals surface area contributed by atoms with E-state index in [2.05, 4.69) is 15.0 Å². The molecule has 3 aromatic rings. The molecule has 0 saturated carbocycles. The minimum absolute atomic E-state index is 0.429. The monoisotopic (exact) mass is 330 g/mol. The van der Waals surface area contributed by atoms with Gasteiger partial charge in [0.25, 0.3) is 0 Å². The zero-order valence-corrected chi connectivity index (χ0v) is 12.5. The molecule has 4 rings (SSSR count). The van der Waals surface area contributed by atoms with E-state index in [0.29, 0.717) is 16.9 Å². The molecule has 7 nitrogen and oxygen atoms in total. The van der Waals surface area contributed by atoms with Crippen LogP contribution in [0.5, 0.6) is 0 Å². The number of hydrogen-bond acceptors (Lipinski definition) is 6. The zero-order chi connectivity index (χ0) is 16.7. The minimum Gasteiger partial charge on any atom is -0.394 e. The molecule has 3 heterocycles. The van der Waals surface area contributed by atoms with Gasteiger partial charge in [0.05, 0.1) is 12.9 Å². The van der Waals surface area contributed by atoms with Crippen LogP contribution >= 0.6 is 0 Å². The summed E-state index contributed by atoms with van der Waals surface area (Å²) in [7, 11) is 0. The lowest BCUT2D eigenvalue weighted by Crippen LogP contribution is -2.29. The fourth-order valence-corrected chi connectivity index (χ4v) is 2.93. The second-order valence-electron chi connectivity index (χ2n) is 5.60. The van der Waals surface area contributed by atoms with Crippen molar-refractivity contribution >= 4 is 11.2 Å². The first kappa shape index (κ1) is 15.1. The first-order valence-corrected chi connectivity index (χ1v) is 7.52. The summed E-state index contributed by atoms with van der Waals surface area (Å²) in [6.07, 6.45) is -2.33. The number of aliphatic hydroxyl groups excluding tert-OH is 2. The molecule has 8 heteroatoms. The van der Waals surface area contributed by atoms with Gasteiger partial charge in [-0.3, -0.25) is 4.57 Å². The molecule has 1 aromatic carbocycles. The Labute approximate surface area is 136 Å². The summed E-state index contributed by atoms with van der Waals surface area (Å²) in [6.45, 7) is -0.508. The van der Waals surface area contributed by atoms with Crippen molar-refractivity contribution in [1.29, 1.82) is 0 Å². The number of hydrogen-bond donors (Lipinski definition) is 2. The van der Waals surface area contributed by atoms with Crippen LogP contribution in [0.4, 0.5) is 4.39 Å². The third kappa shape index (κ3) is 2.27. The highest BCUT2D eigenvalue weighted by atomic mass is 19.1. The number of halogens is 1. The number of imidazole rings is 1. The predicted molar refractivity (Wildman–Crippen MR) is 82.7 cm³/mol. The lowest BCUT2D eigenvalue weighted by atomic mass is 10.1. The largest absolute Gasteiger partial charge is 0.394 e. The van der Waals surface area contributed by atoms with Gasteiger partial charge in [-0.05, 0) is 0 Å². The lowest BCUT2D eigenvalue weighted by Gasteiger charge is -2.16. The predicted octanol–water partition coefficient (Wildman–Crippen LogP) is 1.08. The van der Waals surface area contributed by atoms with Gasteiger partial charge >= 0.3 is 0 Å². The highest BCUT2D eigenvalue weighted by molar-refractivity contribution is 5.87. The molecule has 1 aliphatic heterocycles. The molecule has 0 bridgehead atoms. The van der Waals surface area contributed by atoms with Crippen LogP contribution in [0, 0.1) is 0 Å². The number of nitrogens with zero attached hydrogens (tertiary/aromatic N) is 4. The van der Waals surface area contributed by atoms with Crippen LogP contribution in [-0.2, 0) is 4.74 Å². The summed E-state index contributed by atoms with van der Waals surface area (Å²) in [5.74, 6) is 0. The molecule has 0 spiro atoms. The summed E-state index contributed by atoms with van der Waals surface area (Å²) < 4.78 is 20.9. The van der Waals surface area contributed by atoms with Gasteiger partial charge in [0, 0.05) is 5.56 Å². The Bertz CT molecular complexity index is 857. The van der Waals surface area contributed by atoms with Crippen LogP contribution < -0.4 is 0 Å². The van der Waals surface area contributed by atoms with E-state index in [9.17, 15) is 9.50 Å². The first-order chi connectivity index (χ1) is 11.7. The summed E-state index contributed by atoms with van der Waals surface area (Å²) in [6, 6.07) is 9.50.